The number of rotatable bonds is 3. The number of aromatic nitrogens is 4. The number of nitrogens with one attached hydrogen (secondary N) is 1. The van der Waals surface area contributed by atoms with Gasteiger partial charge in [0, 0.05) is 23.6 Å². The number of anilines is 2. The molecular weight excluding hydrogens is 274 g/mol. The summed E-state index contributed by atoms with van der Waals surface area (Å²) in [7, 11) is 0. The van der Waals surface area contributed by atoms with E-state index in [1.807, 2.05) is 71.5 Å². The highest BCUT2D eigenvalue weighted by Crippen LogP contribution is 2.23. The molecule has 0 aliphatic carbocycles. The maximum atomic E-state index is 4.59. The third kappa shape index (κ3) is 2.29. The van der Waals surface area contributed by atoms with Crippen molar-refractivity contribution in [3.05, 3.63) is 73.2 Å². The van der Waals surface area contributed by atoms with Crippen LogP contribution in [0.1, 0.15) is 0 Å². The molecule has 106 valence electrons. The Morgan fingerprint density at radius 3 is 2.68 bits per heavy atom. The number of hydrogen-bond acceptors (Lipinski definition) is 4. The molecule has 0 aliphatic heterocycles. The van der Waals surface area contributed by atoms with Crippen LogP contribution in [0.15, 0.2) is 73.2 Å². The average molecular weight is 287 g/mol. The van der Waals surface area contributed by atoms with E-state index in [2.05, 4.69) is 20.4 Å². The molecule has 0 fully saturated rings. The van der Waals surface area contributed by atoms with Gasteiger partial charge in [-0.3, -0.25) is 0 Å². The zero-order chi connectivity index (χ0) is 14.8. The van der Waals surface area contributed by atoms with Crippen LogP contribution in [0.5, 0.6) is 0 Å². The van der Waals surface area contributed by atoms with E-state index < -0.39 is 0 Å². The highest BCUT2D eigenvalue weighted by atomic mass is 15.2. The first-order valence-corrected chi connectivity index (χ1v) is 6.98. The van der Waals surface area contributed by atoms with Crippen LogP contribution in [0.25, 0.3) is 16.8 Å². The lowest BCUT2D eigenvalue weighted by Crippen LogP contribution is -1.97. The number of fused-ring (bicyclic) bond motifs is 1. The Morgan fingerprint density at radius 2 is 1.77 bits per heavy atom. The normalized spacial score (nSPS) is 10.7. The van der Waals surface area contributed by atoms with E-state index in [9.17, 15) is 0 Å². The van der Waals surface area contributed by atoms with E-state index in [0.29, 0.717) is 5.95 Å². The summed E-state index contributed by atoms with van der Waals surface area (Å²) in [6.07, 6.45) is 5.49. The molecule has 5 nitrogen and oxygen atoms in total. The third-order valence-electron chi connectivity index (χ3n) is 3.39. The van der Waals surface area contributed by atoms with Gasteiger partial charge in [0.15, 0.2) is 0 Å². The minimum absolute atomic E-state index is 0.569. The van der Waals surface area contributed by atoms with Crippen molar-refractivity contribution in [3.63, 3.8) is 0 Å². The van der Waals surface area contributed by atoms with Crippen LogP contribution < -0.4 is 5.32 Å². The summed E-state index contributed by atoms with van der Waals surface area (Å²) in [5.74, 6) is 0.569. The zero-order valence-corrected chi connectivity index (χ0v) is 11.7. The Labute approximate surface area is 127 Å². The van der Waals surface area contributed by atoms with E-state index in [4.69, 9.17) is 0 Å². The molecule has 1 aromatic carbocycles. The van der Waals surface area contributed by atoms with Crippen LogP contribution in [0.3, 0.4) is 0 Å². The molecule has 3 aromatic heterocycles. The molecule has 0 atom stereocenters. The van der Waals surface area contributed by atoms with E-state index in [1.54, 1.807) is 6.20 Å². The van der Waals surface area contributed by atoms with Crippen LogP contribution in [-0.2, 0) is 0 Å². The highest BCUT2D eigenvalue weighted by Gasteiger charge is 2.08. The smallest absolute Gasteiger partial charge is 0.227 e. The molecule has 0 aliphatic rings. The Bertz CT molecular complexity index is 914. The van der Waals surface area contributed by atoms with Gasteiger partial charge >= 0.3 is 0 Å². The Balaban J connectivity index is 1.73. The molecular formula is C17H13N5. The van der Waals surface area contributed by atoms with E-state index in [-0.39, 0.29) is 0 Å². The van der Waals surface area contributed by atoms with Gasteiger partial charge in [-0.25, -0.2) is 14.5 Å². The van der Waals surface area contributed by atoms with Gasteiger partial charge in [-0.1, -0.05) is 24.3 Å². The number of hydrogen-bond donors (Lipinski definition) is 1. The first-order valence-electron chi connectivity index (χ1n) is 6.98. The summed E-state index contributed by atoms with van der Waals surface area (Å²) >= 11 is 0. The molecule has 4 aromatic rings. The highest BCUT2D eigenvalue weighted by molar-refractivity contribution is 5.77. The first kappa shape index (κ1) is 12.5. The van der Waals surface area contributed by atoms with Crippen LogP contribution in [0.2, 0.25) is 0 Å². The predicted molar refractivity (Wildman–Crippen MR) is 85.9 cm³/mol. The molecule has 3 heterocycles. The fourth-order valence-electron chi connectivity index (χ4n) is 2.35. The van der Waals surface area contributed by atoms with Crippen molar-refractivity contribution in [1.82, 2.24) is 19.6 Å². The van der Waals surface area contributed by atoms with Crippen LogP contribution in [0, 0.1) is 0 Å². The second kappa shape index (κ2) is 5.29. The van der Waals surface area contributed by atoms with E-state index in [1.165, 1.54) is 0 Å². The molecule has 22 heavy (non-hydrogen) atoms. The lowest BCUT2D eigenvalue weighted by atomic mass is 10.2. The lowest BCUT2D eigenvalue weighted by molar-refractivity contribution is 0.961. The van der Waals surface area contributed by atoms with E-state index in [0.717, 1.165) is 22.5 Å². The van der Waals surface area contributed by atoms with E-state index >= 15 is 0 Å². The third-order valence-corrected chi connectivity index (χ3v) is 3.39. The van der Waals surface area contributed by atoms with Gasteiger partial charge in [0.25, 0.3) is 0 Å². The number of pyridine rings is 1. The largest absolute Gasteiger partial charge is 0.324 e. The topological polar surface area (TPSA) is 55.1 Å². The Kier molecular flexibility index (Phi) is 3.01. The standard InChI is InChI=1S/C17H13N5/c1-2-6-13(7-3-1)20-17-18-10-9-15(21-17)14-12-19-22-11-5-4-8-16(14)22/h1-12H,(H,18,20,21). The summed E-state index contributed by atoms with van der Waals surface area (Å²) in [5.41, 5.74) is 3.81. The molecule has 0 saturated heterocycles. The monoisotopic (exact) mass is 287 g/mol. The Hall–Kier alpha value is -3.21. The van der Waals surface area contributed by atoms with Crippen LogP contribution >= 0.6 is 0 Å². The molecule has 0 radical (unpaired) electrons. The zero-order valence-electron chi connectivity index (χ0n) is 11.7. The minimum Gasteiger partial charge on any atom is -0.324 e. The minimum atomic E-state index is 0.569. The summed E-state index contributed by atoms with van der Waals surface area (Å²) in [5, 5.41) is 7.55. The quantitative estimate of drug-likeness (QED) is 0.626. The molecule has 4 rings (SSSR count). The lowest BCUT2D eigenvalue weighted by Gasteiger charge is -2.05. The van der Waals surface area contributed by atoms with Gasteiger partial charge in [0.2, 0.25) is 5.95 Å². The molecule has 5 heteroatoms. The van der Waals surface area contributed by atoms with Gasteiger partial charge in [-0.05, 0) is 30.3 Å². The van der Waals surface area contributed by atoms with Crippen LogP contribution in [0.4, 0.5) is 11.6 Å². The van der Waals surface area contributed by atoms with Crippen molar-refractivity contribution in [3.8, 4) is 11.3 Å². The van der Waals surface area contributed by atoms with Gasteiger partial charge in [0.05, 0.1) is 17.4 Å². The van der Waals surface area contributed by atoms with Crippen molar-refractivity contribution >= 4 is 17.2 Å². The second-order valence-corrected chi connectivity index (χ2v) is 4.85. The second-order valence-electron chi connectivity index (χ2n) is 4.85. The maximum absolute atomic E-state index is 4.59. The fraction of sp³-hybridized carbons (Fsp3) is 0. The van der Waals surface area contributed by atoms with Crippen molar-refractivity contribution in [2.75, 3.05) is 5.32 Å². The molecule has 0 bridgehead atoms. The molecule has 0 amide bonds. The van der Waals surface area contributed by atoms with Gasteiger partial charge < -0.3 is 5.32 Å². The number of nitrogens with zero attached hydrogens (tertiary/aromatic N) is 4. The Morgan fingerprint density at radius 1 is 0.909 bits per heavy atom. The summed E-state index contributed by atoms with van der Waals surface area (Å²) in [6.45, 7) is 0. The van der Waals surface area contributed by atoms with Crippen molar-refractivity contribution in [1.29, 1.82) is 0 Å². The van der Waals surface area contributed by atoms with Crippen molar-refractivity contribution < 1.29 is 0 Å². The SMILES string of the molecule is c1ccc(Nc2nccc(-c3cnn4ccccc34)n2)cc1. The summed E-state index contributed by atoms with van der Waals surface area (Å²) in [4.78, 5) is 8.86. The number of para-hydroxylation sites is 1. The molecule has 0 saturated carbocycles. The van der Waals surface area contributed by atoms with Gasteiger partial charge in [0.1, 0.15) is 0 Å². The maximum Gasteiger partial charge on any atom is 0.227 e. The molecule has 0 spiro atoms. The number of benzene rings is 1. The summed E-state index contributed by atoms with van der Waals surface area (Å²) < 4.78 is 1.84. The molecule has 1 N–H and O–H groups in total. The molecule has 0 unspecified atom stereocenters. The summed E-state index contributed by atoms with van der Waals surface area (Å²) in [6, 6.07) is 17.7. The van der Waals surface area contributed by atoms with Gasteiger partial charge in [-0.15, -0.1) is 0 Å². The van der Waals surface area contributed by atoms with Crippen LogP contribution in [-0.4, -0.2) is 19.6 Å². The fourth-order valence-corrected chi connectivity index (χ4v) is 2.35. The average Bonchev–Trinajstić information content (AvgIpc) is 3.00. The predicted octanol–water partition coefficient (Wildman–Crippen LogP) is 3.53. The van der Waals surface area contributed by atoms with Crippen molar-refractivity contribution in [2.24, 2.45) is 0 Å². The van der Waals surface area contributed by atoms with Gasteiger partial charge in [-0.2, -0.15) is 5.10 Å². The van der Waals surface area contributed by atoms with Crippen molar-refractivity contribution in [2.45, 2.75) is 0 Å². The first-order chi connectivity index (χ1) is 10.9.